The molecule has 1 aromatic carbocycles. The van der Waals surface area contributed by atoms with Gasteiger partial charge in [0.1, 0.15) is 0 Å². The van der Waals surface area contributed by atoms with Gasteiger partial charge in [-0.25, -0.2) is 0 Å². The third kappa shape index (κ3) is 3.83. The largest absolute Gasteiger partial charge is 0.379 e. The van der Waals surface area contributed by atoms with E-state index in [0.717, 1.165) is 17.3 Å². The molecule has 2 rings (SSSR count). The number of hydrogen-bond donors (Lipinski definition) is 2. The Balaban J connectivity index is 1.82. The second kappa shape index (κ2) is 6.38. The van der Waals surface area contributed by atoms with Gasteiger partial charge < -0.3 is 15.0 Å². The van der Waals surface area contributed by atoms with E-state index in [1.165, 1.54) is 0 Å². The fourth-order valence-electron chi connectivity index (χ4n) is 1.88. The molecule has 0 bridgehead atoms. The molecule has 0 unspecified atom stereocenters. The lowest BCUT2D eigenvalue weighted by molar-refractivity contribution is 0.0757. The van der Waals surface area contributed by atoms with Crippen LogP contribution < -0.4 is 5.32 Å². The maximum Gasteiger partial charge on any atom is 0.251 e. The van der Waals surface area contributed by atoms with Gasteiger partial charge in [-0.15, -0.1) is 0 Å². The van der Waals surface area contributed by atoms with E-state index in [2.05, 4.69) is 10.3 Å². The number of aromatic nitrogens is 1. The van der Waals surface area contributed by atoms with Crippen LogP contribution >= 0.6 is 0 Å². The molecule has 0 fully saturated rings. The number of fused-ring (bicyclic) bond motifs is 1. The van der Waals surface area contributed by atoms with E-state index >= 15 is 0 Å². The summed E-state index contributed by atoms with van der Waals surface area (Å²) in [6.45, 7) is 5.32. The average Bonchev–Trinajstić information content (AvgIpc) is 2.84. The van der Waals surface area contributed by atoms with Crippen molar-refractivity contribution >= 4 is 16.8 Å². The topological polar surface area (TPSA) is 54.1 Å². The summed E-state index contributed by atoms with van der Waals surface area (Å²) in [7, 11) is 0. The Morgan fingerprint density at radius 1 is 1.37 bits per heavy atom. The summed E-state index contributed by atoms with van der Waals surface area (Å²) >= 11 is 0. The van der Waals surface area contributed by atoms with Crippen LogP contribution in [0.2, 0.25) is 0 Å². The smallest absolute Gasteiger partial charge is 0.251 e. The SMILES string of the molecule is CC(C)OCCCNC(=O)c1ccc2cc[nH]c2c1. The van der Waals surface area contributed by atoms with Gasteiger partial charge in [-0.2, -0.15) is 0 Å². The van der Waals surface area contributed by atoms with E-state index in [9.17, 15) is 4.79 Å². The summed E-state index contributed by atoms with van der Waals surface area (Å²) in [5.74, 6) is -0.0407. The van der Waals surface area contributed by atoms with Crippen molar-refractivity contribution in [3.05, 3.63) is 36.0 Å². The molecular weight excluding hydrogens is 240 g/mol. The average molecular weight is 260 g/mol. The number of nitrogens with one attached hydrogen (secondary N) is 2. The van der Waals surface area contributed by atoms with Gasteiger partial charge in [-0.3, -0.25) is 4.79 Å². The van der Waals surface area contributed by atoms with Crippen molar-refractivity contribution in [2.24, 2.45) is 0 Å². The Morgan fingerprint density at radius 3 is 3.00 bits per heavy atom. The number of H-pyrrole nitrogens is 1. The number of carbonyl (C=O) groups is 1. The second-order valence-corrected chi connectivity index (χ2v) is 4.81. The first-order valence-electron chi connectivity index (χ1n) is 6.64. The van der Waals surface area contributed by atoms with Crippen LogP contribution in [0.1, 0.15) is 30.6 Å². The van der Waals surface area contributed by atoms with Crippen molar-refractivity contribution in [3.8, 4) is 0 Å². The van der Waals surface area contributed by atoms with Crippen LogP contribution in [0.25, 0.3) is 10.9 Å². The molecule has 0 atom stereocenters. The molecule has 2 N–H and O–H groups in total. The summed E-state index contributed by atoms with van der Waals surface area (Å²) in [5.41, 5.74) is 1.66. The molecule has 19 heavy (non-hydrogen) atoms. The fraction of sp³-hybridized carbons (Fsp3) is 0.400. The van der Waals surface area contributed by atoms with E-state index in [1.54, 1.807) is 0 Å². The Labute approximate surface area is 113 Å². The first-order valence-corrected chi connectivity index (χ1v) is 6.64. The highest BCUT2D eigenvalue weighted by Gasteiger charge is 2.06. The van der Waals surface area contributed by atoms with Crippen LogP contribution in [0.3, 0.4) is 0 Å². The van der Waals surface area contributed by atoms with Gasteiger partial charge in [-0.1, -0.05) is 6.07 Å². The van der Waals surface area contributed by atoms with E-state index in [4.69, 9.17) is 4.74 Å². The van der Waals surface area contributed by atoms with Crippen LogP contribution in [0.4, 0.5) is 0 Å². The van der Waals surface area contributed by atoms with Crippen molar-refractivity contribution < 1.29 is 9.53 Å². The molecule has 0 aliphatic rings. The zero-order valence-electron chi connectivity index (χ0n) is 11.4. The number of hydrogen-bond acceptors (Lipinski definition) is 2. The molecule has 1 aromatic heterocycles. The molecule has 2 aromatic rings. The van der Waals surface area contributed by atoms with E-state index < -0.39 is 0 Å². The molecule has 4 nitrogen and oxygen atoms in total. The third-order valence-corrected chi connectivity index (χ3v) is 2.88. The molecule has 0 saturated carbocycles. The number of ether oxygens (including phenoxy) is 1. The number of aromatic amines is 1. The summed E-state index contributed by atoms with van der Waals surface area (Å²) in [5, 5.41) is 4.01. The van der Waals surface area contributed by atoms with E-state index in [1.807, 2.05) is 44.3 Å². The van der Waals surface area contributed by atoms with Crippen LogP contribution in [0.5, 0.6) is 0 Å². The first-order chi connectivity index (χ1) is 9.16. The standard InChI is InChI=1S/C15H20N2O2/c1-11(2)19-9-3-7-17-15(18)13-5-4-12-6-8-16-14(12)10-13/h4-6,8,10-11,16H,3,7,9H2,1-2H3,(H,17,18). The minimum atomic E-state index is -0.0407. The summed E-state index contributed by atoms with van der Waals surface area (Å²) in [6.07, 6.45) is 2.94. The quantitative estimate of drug-likeness (QED) is 0.785. The molecular formula is C15H20N2O2. The van der Waals surface area contributed by atoms with Crippen LogP contribution in [0, 0.1) is 0 Å². The molecule has 0 spiro atoms. The molecule has 4 heteroatoms. The predicted octanol–water partition coefficient (Wildman–Crippen LogP) is 2.71. The van der Waals surface area contributed by atoms with Crippen LogP contribution in [0.15, 0.2) is 30.5 Å². The zero-order valence-corrected chi connectivity index (χ0v) is 11.4. The van der Waals surface area contributed by atoms with E-state index in [0.29, 0.717) is 18.7 Å². The lowest BCUT2D eigenvalue weighted by Gasteiger charge is -2.08. The molecule has 1 amide bonds. The summed E-state index contributed by atoms with van der Waals surface area (Å²) < 4.78 is 5.42. The number of amides is 1. The Hall–Kier alpha value is -1.81. The lowest BCUT2D eigenvalue weighted by atomic mass is 10.1. The van der Waals surface area contributed by atoms with Gasteiger partial charge in [0.15, 0.2) is 0 Å². The molecule has 0 saturated heterocycles. The van der Waals surface area contributed by atoms with Crippen LogP contribution in [-0.4, -0.2) is 30.1 Å². The molecule has 0 aliphatic heterocycles. The number of benzene rings is 1. The maximum absolute atomic E-state index is 11.9. The van der Waals surface area contributed by atoms with Gasteiger partial charge in [-0.05, 0) is 43.9 Å². The molecule has 1 heterocycles. The highest BCUT2D eigenvalue weighted by molar-refractivity contribution is 5.97. The maximum atomic E-state index is 11.9. The lowest BCUT2D eigenvalue weighted by Crippen LogP contribution is -2.25. The monoisotopic (exact) mass is 260 g/mol. The summed E-state index contributed by atoms with van der Waals surface area (Å²) in [4.78, 5) is 15.0. The minimum Gasteiger partial charge on any atom is -0.379 e. The first kappa shape index (κ1) is 13.6. The third-order valence-electron chi connectivity index (χ3n) is 2.88. The molecule has 0 aliphatic carbocycles. The highest BCUT2D eigenvalue weighted by atomic mass is 16.5. The predicted molar refractivity (Wildman–Crippen MR) is 76.3 cm³/mol. The van der Waals surface area contributed by atoms with Crippen molar-refractivity contribution in [2.75, 3.05) is 13.2 Å². The minimum absolute atomic E-state index is 0.0407. The van der Waals surface area contributed by atoms with Crippen molar-refractivity contribution in [1.29, 1.82) is 0 Å². The van der Waals surface area contributed by atoms with E-state index in [-0.39, 0.29) is 12.0 Å². The van der Waals surface area contributed by atoms with Crippen molar-refractivity contribution in [3.63, 3.8) is 0 Å². The molecule has 0 radical (unpaired) electrons. The Bertz CT molecular complexity index is 546. The summed E-state index contributed by atoms with van der Waals surface area (Å²) in [6, 6.07) is 7.65. The second-order valence-electron chi connectivity index (χ2n) is 4.81. The molecule has 102 valence electrons. The van der Waals surface area contributed by atoms with Gasteiger partial charge in [0.2, 0.25) is 0 Å². The van der Waals surface area contributed by atoms with Crippen LogP contribution in [-0.2, 0) is 4.74 Å². The normalized spacial score (nSPS) is 11.1. The Morgan fingerprint density at radius 2 is 2.21 bits per heavy atom. The fourth-order valence-corrected chi connectivity index (χ4v) is 1.88. The van der Waals surface area contributed by atoms with Crippen molar-refractivity contribution in [1.82, 2.24) is 10.3 Å². The van der Waals surface area contributed by atoms with Gasteiger partial charge in [0.25, 0.3) is 5.91 Å². The van der Waals surface area contributed by atoms with Gasteiger partial charge >= 0.3 is 0 Å². The highest BCUT2D eigenvalue weighted by Crippen LogP contribution is 2.13. The van der Waals surface area contributed by atoms with Gasteiger partial charge in [0, 0.05) is 30.4 Å². The number of carbonyl (C=O) groups excluding carboxylic acids is 1. The zero-order chi connectivity index (χ0) is 13.7. The number of rotatable bonds is 6. The van der Waals surface area contributed by atoms with Crippen molar-refractivity contribution in [2.45, 2.75) is 26.4 Å². The Kier molecular flexibility index (Phi) is 4.58. The van der Waals surface area contributed by atoms with Gasteiger partial charge in [0.05, 0.1) is 6.10 Å².